The van der Waals surface area contributed by atoms with Crippen molar-refractivity contribution in [2.75, 3.05) is 0 Å². The van der Waals surface area contributed by atoms with Crippen molar-refractivity contribution < 1.29 is 4.42 Å². The number of fused-ring (bicyclic) bond motifs is 5. The normalized spacial score (nSPS) is 11.6. The molecule has 0 aliphatic rings. The zero-order valence-electron chi connectivity index (χ0n) is 21.0. The second kappa shape index (κ2) is 8.64. The van der Waals surface area contributed by atoms with Gasteiger partial charge in [0.2, 0.25) is 0 Å². The number of aromatic nitrogens is 2. The van der Waals surface area contributed by atoms with E-state index in [9.17, 15) is 0 Å². The maximum absolute atomic E-state index is 6.15. The lowest BCUT2D eigenvalue weighted by molar-refractivity contribution is 0.669. The monoisotopic (exact) mass is 498 g/mol. The van der Waals surface area contributed by atoms with E-state index in [-0.39, 0.29) is 0 Å². The SMILES string of the molecule is c1ccc(-c2nc(-c3cccc(-c4ccc5cc6c(cc5c4)oc4ccccc46)c3)nc3ccccc23)cc1. The van der Waals surface area contributed by atoms with Gasteiger partial charge in [0.25, 0.3) is 0 Å². The summed E-state index contributed by atoms with van der Waals surface area (Å²) < 4.78 is 6.15. The van der Waals surface area contributed by atoms with Crippen LogP contribution in [-0.2, 0) is 0 Å². The number of para-hydroxylation sites is 2. The van der Waals surface area contributed by atoms with Crippen LogP contribution in [-0.4, -0.2) is 9.97 Å². The van der Waals surface area contributed by atoms with Crippen LogP contribution in [0.25, 0.3) is 77.4 Å². The zero-order chi connectivity index (χ0) is 25.8. The van der Waals surface area contributed by atoms with Gasteiger partial charge in [-0.15, -0.1) is 0 Å². The van der Waals surface area contributed by atoms with Gasteiger partial charge in [0.05, 0.1) is 11.2 Å². The Balaban J connectivity index is 1.25. The van der Waals surface area contributed by atoms with Gasteiger partial charge in [0.1, 0.15) is 11.2 Å². The maximum atomic E-state index is 6.15. The molecule has 0 bridgehead atoms. The number of hydrogen-bond donors (Lipinski definition) is 0. The number of furan rings is 1. The molecule has 0 unspecified atom stereocenters. The summed E-state index contributed by atoms with van der Waals surface area (Å²) in [5.41, 5.74) is 8.05. The fourth-order valence-electron chi connectivity index (χ4n) is 5.51. The first-order valence-electron chi connectivity index (χ1n) is 13.1. The molecule has 6 aromatic carbocycles. The second-order valence-electron chi connectivity index (χ2n) is 9.87. The molecular formula is C36H22N2O. The van der Waals surface area contributed by atoms with Gasteiger partial charge in [-0.25, -0.2) is 9.97 Å². The molecule has 8 rings (SSSR count). The van der Waals surface area contributed by atoms with E-state index < -0.39 is 0 Å². The van der Waals surface area contributed by atoms with Crippen molar-refractivity contribution in [1.82, 2.24) is 9.97 Å². The number of benzene rings is 6. The Morgan fingerprint density at radius 1 is 0.410 bits per heavy atom. The largest absolute Gasteiger partial charge is 0.456 e. The lowest BCUT2D eigenvalue weighted by Crippen LogP contribution is -1.95. The van der Waals surface area contributed by atoms with E-state index in [2.05, 4.69) is 91.0 Å². The minimum atomic E-state index is 0.721. The van der Waals surface area contributed by atoms with Gasteiger partial charge in [0, 0.05) is 27.3 Å². The molecule has 0 aliphatic heterocycles. The Labute approximate surface area is 225 Å². The maximum Gasteiger partial charge on any atom is 0.160 e. The molecule has 2 aromatic heterocycles. The standard InChI is InChI=1S/C36H22N2O/c1-2-9-23(10-3-1)35-30-14-4-6-15-32(30)37-36(38-35)27-12-8-11-24(19-27)25-17-18-26-21-31-29-13-5-7-16-33(29)39-34(31)22-28(26)20-25/h1-22H. The molecule has 0 N–H and O–H groups in total. The van der Waals surface area contributed by atoms with Gasteiger partial charge < -0.3 is 4.42 Å². The van der Waals surface area contributed by atoms with Crippen LogP contribution in [0.5, 0.6) is 0 Å². The van der Waals surface area contributed by atoms with Crippen LogP contribution in [0.15, 0.2) is 138 Å². The second-order valence-corrected chi connectivity index (χ2v) is 9.87. The van der Waals surface area contributed by atoms with Crippen molar-refractivity contribution in [3.63, 3.8) is 0 Å². The Kier molecular flexibility index (Phi) is 4.82. The van der Waals surface area contributed by atoms with E-state index >= 15 is 0 Å². The summed E-state index contributed by atoms with van der Waals surface area (Å²) >= 11 is 0. The summed E-state index contributed by atoms with van der Waals surface area (Å²) in [5, 5.41) is 5.69. The van der Waals surface area contributed by atoms with Crippen LogP contribution in [0, 0.1) is 0 Å². The summed E-state index contributed by atoms with van der Waals surface area (Å²) in [6.07, 6.45) is 0. The molecule has 3 heteroatoms. The van der Waals surface area contributed by atoms with Gasteiger partial charge in [-0.2, -0.15) is 0 Å². The topological polar surface area (TPSA) is 38.9 Å². The first-order valence-corrected chi connectivity index (χ1v) is 13.1. The predicted molar refractivity (Wildman–Crippen MR) is 161 cm³/mol. The number of rotatable bonds is 3. The molecule has 3 nitrogen and oxygen atoms in total. The van der Waals surface area contributed by atoms with Gasteiger partial charge in [-0.05, 0) is 58.3 Å². The van der Waals surface area contributed by atoms with Crippen LogP contribution in [0.1, 0.15) is 0 Å². The first-order chi connectivity index (χ1) is 19.3. The summed E-state index contributed by atoms with van der Waals surface area (Å²) in [5.74, 6) is 0.721. The van der Waals surface area contributed by atoms with Crippen LogP contribution in [0.2, 0.25) is 0 Å². The van der Waals surface area contributed by atoms with Gasteiger partial charge in [-0.3, -0.25) is 0 Å². The molecule has 0 atom stereocenters. The minimum absolute atomic E-state index is 0.721. The Morgan fingerprint density at radius 2 is 1.15 bits per heavy atom. The summed E-state index contributed by atoms with van der Waals surface area (Å²) in [4.78, 5) is 10.0. The average molecular weight is 499 g/mol. The van der Waals surface area contributed by atoms with Crippen molar-refractivity contribution in [3.05, 3.63) is 133 Å². The van der Waals surface area contributed by atoms with E-state index in [4.69, 9.17) is 14.4 Å². The summed E-state index contributed by atoms with van der Waals surface area (Å²) in [7, 11) is 0. The van der Waals surface area contributed by atoms with E-state index in [0.717, 1.165) is 72.0 Å². The summed E-state index contributed by atoms with van der Waals surface area (Å²) in [6.45, 7) is 0. The third-order valence-electron chi connectivity index (χ3n) is 7.44. The van der Waals surface area contributed by atoms with E-state index in [1.165, 1.54) is 5.39 Å². The third-order valence-corrected chi connectivity index (χ3v) is 7.44. The molecule has 0 amide bonds. The lowest BCUT2D eigenvalue weighted by Gasteiger charge is -2.11. The van der Waals surface area contributed by atoms with Crippen LogP contribution in [0.4, 0.5) is 0 Å². The highest BCUT2D eigenvalue weighted by Gasteiger charge is 2.13. The van der Waals surface area contributed by atoms with E-state index in [1.807, 2.05) is 42.5 Å². The molecule has 8 aromatic rings. The highest BCUT2D eigenvalue weighted by atomic mass is 16.3. The molecule has 0 spiro atoms. The van der Waals surface area contributed by atoms with Gasteiger partial charge in [-0.1, -0.05) is 97.1 Å². The first kappa shape index (κ1) is 21.8. The van der Waals surface area contributed by atoms with Crippen molar-refractivity contribution in [1.29, 1.82) is 0 Å². The van der Waals surface area contributed by atoms with Crippen molar-refractivity contribution in [2.24, 2.45) is 0 Å². The molecule has 0 fully saturated rings. The van der Waals surface area contributed by atoms with E-state index in [1.54, 1.807) is 0 Å². The Morgan fingerprint density at radius 3 is 2.08 bits per heavy atom. The highest BCUT2D eigenvalue weighted by molar-refractivity contribution is 6.10. The minimum Gasteiger partial charge on any atom is -0.456 e. The smallest absolute Gasteiger partial charge is 0.160 e. The quantitative estimate of drug-likeness (QED) is 0.243. The molecule has 0 aliphatic carbocycles. The van der Waals surface area contributed by atoms with Gasteiger partial charge >= 0.3 is 0 Å². The van der Waals surface area contributed by atoms with Crippen LogP contribution < -0.4 is 0 Å². The fraction of sp³-hybridized carbons (Fsp3) is 0. The molecule has 0 radical (unpaired) electrons. The van der Waals surface area contributed by atoms with Crippen LogP contribution >= 0.6 is 0 Å². The average Bonchev–Trinajstić information content (AvgIpc) is 3.37. The van der Waals surface area contributed by atoms with Crippen molar-refractivity contribution in [3.8, 4) is 33.8 Å². The molecule has 182 valence electrons. The van der Waals surface area contributed by atoms with Crippen molar-refractivity contribution in [2.45, 2.75) is 0 Å². The van der Waals surface area contributed by atoms with Gasteiger partial charge in [0.15, 0.2) is 5.82 Å². The zero-order valence-corrected chi connectivity index (χ0v) is 21.0. The number of nitrogens with zero attached hydrogens (tertiary/aromatic N) is 2. The molecular weight excluding hydrogens is 476 g/mol. The molecule has 2 heterocycles. The summed E-state index contributed by atoms with van der Waals surface area (Å²) in [6, 6.07) is 46.2. The number of hydrogen-bond acceptors (Lipinski definition) is 3. The molecule has 0 saturated heterocycles. The molecule has 0 saturated carbocycles. The Bertz CT molecular complexity index is 2180. The highest BCUT2D eigenvalue weighted by Crippen LogP contribution is 2.35. The molecule has 39 heavy (non-hydrogen) atoms. The lowest BCUT2D eigenvalue weighted by atomic mass is 9.98. The predicted octanol–water partition coefficient (Wildman–Crippen LogP) is 9.68. The third kappa shape index (κ3) is 3.67. The van der Waals surface area contributed by atoms with Crippen LogP contribution in [0.3, 0.4) is 0 Å². The van der Waals surface area contributed by atoms with Crippen molar-refractivity contribution >= 4 is 43.6 Å². The van der Waals surface area contributed by atoms with E-state index in [0.29, 0.717) is 0 Å². The fourth-order valence-corrected chi connectivity index (χ4v) is 5.51. The Hall–Kier alpha value is -5.28.